The lowest BCUT2D eigenvalue weighted by molar-refractivity contribution is -0.134. The second-order valence-electron chi connectivity index (χ2n) is 5.09. The molecule has 0 unspecified atom stereocenters. The summed E-state index contributed by atoms with van der Waals surface area (Å²) in [5, 5.41) is 0. The maximum absolute atomic E-state index is 12.1. The number of rotatable bonds is 4. The van der Waals surface area contributed by atoms with E-state index >= 15 is 0 Å². The Labute approximate surface area is 128 Å². The average molecular weight is 341 g/mol. The molecule has 4 nitrogen and oxygen atoms in total. The summed E-state index contributed by atoms with van der Waals surface area (Å²) < 4.78 is 6.53. The Balaban J connectivity index is 1.87. The third-order valence-electron chi connectivity index (χ3n) is 3.61. The fraction of sp³-hybridized carbons (Fsp3) is 0.533. The molecule has 20 heavy (non-hydrogen) atoms. The molecule has 1 saturated heterocycles. The van der Waals surface area contributed by atoms with E-state index in [1.165, 1.54) is 5.56 Å². The van der Waals surface area contributed by atoms with E-state index in [0.717, 1.165) is 42.8 Å². The van der Waals surface area contributed by atoms with Crippen molar-refractivity contribution in [3.63, 3.8) is 0 Å². The third kappa shape index (κ3) is 3.96. The van der Waals surface area contributed by atoms with Gasteiger partial charge in [-0.1, -0.05) is 13.0 Å². The fourth-order valence-electron chi connectivity index (χ4n) is 2.17. The molecule has 0 radical (unpaired) electrons. The number of piperazine rings is 1. The van der Waals surface area contributed by atoms with Gasteiger partial charge < -0.3 is 14.5 Å². The summed E-state index contributed by atoms with van der Waals surface area (Å²) >= 11 is 3.49. The molecule has 0 aliphatic carbocycles. The van der Waals surface area contributed by atoms with E-state index in [4.69, 9.17) is 4.74 Å². The molecule has 5 heteroatoms. The van der Waals surface area contributed by atoms with Crippen LogP contribution < -0.4 is 4.74 Å². The van der Waals surface area contributed by atoms with Crippen molar-refractivity contribution in [3.05, 3.63) is 28.2 Å². The zero-order chi connectivity index (χ0) is 14.5. The Morgan fingerprint density at radius 2 is 2.00 bits per heavy atom. The highest BCUT2D eigenvalue weighted by atomic mass is 79.9. The van der Waals surface area contributed by atoms with Gasteiger partial charge in [0.15, 0.2) is 6.61 Å². The lowest BCUT2D eigenvalue weighted by Gasteiger charge is -2.32. The number of aryl methyl sites for hydroxylation is 1. The Bertz CT molecular complexity index is 471. The van der Waals surface area contributed by atoms with Gasteiger partial charge in [-0.2, -0.15) is 0 Å². The summed E-state index contributed by atoms with van der Waals surface area (Å²) in [6.45, 7) is 5.65. The van der Waals surface area contributed by atoms with Crippen molar-refractivity contribution in [1.29, 1.82) is 0 Å². The van der Waals surface area contributed by atoms with Crippen LogP contribution >= 0.6 is 15.9 Å². The van der Waals surface area contributed by atoms with E-state index < -0.39 is 0 Å². The first-order valence-corrected chi connectivity index (χ1v) is 7.77. The summed E-state index contributed by atoms with van der Waals surface area (Å²) in [7, 11) is 2.07. The minimum Gasteiger partial charge on any atom is -0.483 e. The maximum atomic E-state index is 12.1. The van der Waals surface area contributed by atoms with Crippen molar-refractivity contribution in [2.45, 2.75) is 13.3 Å². The lowest BCUT2D eigenvalue weighted by atomic mass is 10.2. The second-order valence-corrected chi connectivity index (χ2v) is 5.95. The van der Waals surface area contributed by atoms with E-state index in [-0.39, 0.29) is 12.5 Å². The van der Waals surface area contributed by atoms with Gasteiger partial charge in [-0.3, -0.25) is 4.79 Å². The number of halogens is 1. The van der Waals surface area contributed by atoms with E-state index in [2.05, 4.69) is 34.8 Å². The Hall–Kier alpha value is -1.07. The van der Waals surface area contributed by atoms with Crippen LogP contribution in [0.15, 0.2) is 22.7 Å². The highest BCUT2D eigenvalue weighted by Gasteiger charge is 2.19. The molecule has 1 aliphatic rings. The van der Waals surface area contributed by atoms with Crippen LogP contribution in [-0.2, 0) is 11.2 Å². The predicted octanol–water partition coefficient (Wildman–Crippen LogP) is 2.16. The Morgan fingerprint density at radius 1 is 1.30 bits per heavy atom. The number of nitrogens with zero attached hydrogens (tertiary/aromatic N) is 2. The minimum atomic E-state index is 0.0598. The molecule has 0 aromatic heterocycles. The number of hydrogen-bond donors (Lipinski definition) is 0. The van der Waals surface area contributed by atoms with Crippen LogP contribution in [0, 0.1) is 0 Å². The van der Waals surface area contributed by atoms with Crippen LogP contribution in [0.5, 0.6) is 5.75 Å². The van der Waals surface area contributed by atoms with Crippen LogP contribution in [0.3, 0.4) is 0 Å². The van der Waals surface area contributed by atoms with Crippen molar-refractivity contribution in [2.75, 3.05) is 39.8 Å². The van der Waals surface area contributed by atoms with Crippen molar-refractivity contribution in [1.82, 2.24) is 9.80 Å². The van der Waals surface area contributed by atoms with Crippen LogP contribution in [0.25, 0.3) is 0 Å². The number of likely N-dealkylation sites (N-methyl/N-ethyl adjacent to an activating group) is 1. The molecule has 1 aromatic carbocycles. The summed E-state index contributed by atoms with van der Waals surface area (Å²) in [5.74, 6) is 0.786. The smallest absolute Gasteiger partial charge is 0.260 e. The predicted molar refractivity (Wildman–Crippen MR) is 83.1 cm³/mol. The van der Waals surface area contributed by atoms with Gasteiger partial charge >= 0.3 is 0 Å². The Morgan fingerprint density at radius 3 is 2.60 bits per heavy atom. The van der Waals surface area contributed by atoms with Gasteiger partial charge in [0.1, 0.15) is 5.75 Å². The molecule has 1 heterocycles. The number of amides is 1. The quantitative estimate of drug-likeness (QED) is 0.842. The minimum absolute atomic E-state index is 0.0598. The SMILES string of the molecule is CCc1ccc(OCC(=O)N2CCN(C)CC2)c(Br)c1. The number of benzene rings is 1. The van der Waals surface area contributed by atoms with E-state index in [9.17, 15) is 4.79 Å². The van der Waals surface area contributed by atoms with Gasteiger partial charge in [-0.15, -0.1) is 0 Å². The molecule has 0 N–H and O–H groups in total. The molecule has 1 fully saturated rings. The van der Waals surface area contributed by atoms with Crippen LogP contribution in [-0.4, -0.2) is 55.5 Å². The monoisotopic (exact) mass is 340 g/mol. The van der Waals surface area contributed by atoms with E-state index in [1.54, 1.807) is 0 Å². The van der Waals surface area contributed by atoms with Crippen molar-refractivity contribution >= 4 is 21.8 Å². The zero-order valence-corrected chi connectivity index (χ0v) is 13.6. The first-order chi connectivity index (χ1) is 9.60. The average Bonchev–Trinajstić information content (AvgIpc) is 2.46. The largest absolute Gasteiger partial charge is 0.483 e. The molecule has 1 aliphatic heterocycles. The van der Waals surface area contributed by atoms with Crippen molar-refractivity contribution in [3.8, 4) is 5.75 Å². The number of ether oxygens (including phenoxy) is 1. The number of carbonyl (C=O) groups is 1. The molecule has 0 saturated carbocycles. The topological polar surface area (TPSA) is 32.8 Å². The van der Waals surface area contributed by atoms with Gasteiger partial charge in [0.05, 0.1) is 4.47 Å². The Kier molecular flexibility index (Phi) is 5.43. The summed E-state index contributed by atoms with van der Waals surface area (Å²) in [6, 6.07) is 5.98. The highest BCUT2D eigenvalue weighted by molar-refractivity contribution is 9.10. The second kappa shape index (κ2) is 7.09. The number of carbonyl (C=O) groups excluding carboxylic acids is 1. The molecule has 110 valence electrons. The zero-order valence-electron chi connectivity index (χ0n) is 12.1. The molecule has 2 rings (SSSR count). The standard InChI is InChI=1S/C15H21BrN2O2/c1-3-12-4-5-14(13(16)10-12)20-11-15(19)18-8-6-17(2)7-9-18/h4-5,10H,3,6-9,11H2,1-2H3. The fourth-order valence-corrected chi connectivity index (χ4v) is 2.71. The normalized spacial score (nSPS) is 16.2. The van der Waals surface area contributed by atoms with Crippen molar-refractivity contribution < 1.29 is 9.53 Å². The molecule has 1 amide bonds. The van der Waals surface area contributed by atoms with Gasteiger partial charge in [-0.25, -0.2) is 0 Å². The molecule has 1 aromatic rings. The first kappa shape index (κ1) is 15.3. The van der Waals surface area contributed by atoms with Gasteiger partial charge in [-0.05, 0) is 47.1 Å². The molecule has 0 spiro atoms. The van der Waals surface area contributed by atoms with Crippen LogP contribution in [0.1, 0.15) is 12.5 Å². The summed E-state index contributed by atoms with van der Waals surface area (Å²) in [4.78, 5) is 16.2. The van der Waals surface area contributed by atoms with Gasteiger partial charge in [0, 0.05) is 26.2 Å². The maximum Gasteiger partial charge on any atom is 0.260 e. The molecule has 0 atom stereocenters. The van der Waals surface area contributed by atoms with Crippen LogP contribution in [0.4, 0.5) is 0 Å². The third-order valence-corrected chi connectivity index (χ3v) is 4.23. The van der Waals surface area contributed by atoms with Crippen molar-refractivity contribution in [2.24, 2.45) is 0 Å². The van der Waals surface area contributed by atoms with Gasteiger partial charge in [0.25, 0.3) is 5.91 Å². The highest BCUT2D eigenvalue weighted by Crippen LogP contribution is 2.26. The molecular weight excluding hydrogens is 320 g/mol. The first-order valence-electron chi connectivity index (χ1n) is 6.97. The van der Waals surface area contributed by atoms with Gasteiger partial charge in [0.2, 0.25) is 0 Å². The molecule has 0 bridgehead atoms. The van der Waals surface area contributed by atoms with E-state index in [1.807, 2.05) is 23.1 Å². The lowest BCUT2D eigenvalue weighted by Crippen LogP contribution is -2.48. The molecular formula is C15H21BrN2O2. The number of hydrogen-bond acceptors (Lipinski definition) is 3. The van der Waals surface area contributed by atoms with E-state index in [0.29, 0.717) is 0 Å². The summed E-state index contributed by atoms with van der Waals surface area (Å²) in [5.41, 5.74) is 1.25. The summed E-state index contributed by atoms with van der Waals surface area (Å²) in [6.07, 6.45) is 0.985. The van der Waals surface area contributed by atoms with Crippen LogP contribution in [0.2, 0.25) is 0 Å².